The first kappa shape index (κ1) is 24.6. The molecule has 1 amide bonds. The Bertz CT molecular complexity index is 1400. The quantitative estimate of drug-likeness (QED) is 0.233. The van der Waals surface area contributed by atoms with Crippen LogP contribution in [0.15, 0.2) is 60.2 Å². The van der Waals surface area contributed by atoms with Crippen LogP contribution in [-0.2, 0) is 16.1 Å². The topological polar surface area (TPSA) is 167 Å². The zero-order chi connectivity index (χ0) is 25.8. The average Bonchev–Trinajstić information content (AvgIpc) is 3.59. The van der Waals surface area contributed by atoms with Gasteiger partial charge >= 0.3 is 0 Å². The number of H-pyrrole nitrogens is 1. The molecule has 2 aliphatic rings. The van der Waals surface area contributed by atoms with Gasteiger partial charge in [0, 0.05) is 55.8 Å². The molecular weight excluding hydrogens is 498 g/mol. The predicted molar refractivity (Wildman–Crippen MR) is 137 cm³/mol. The highest BCUT2D eigenvalue weighted by Gasteiger charge is 2.30. The summed E-state index contributed by atoms with van der Waals surface area (Å²) in [6.07, 6.45) is 10.9. The van der Waals surface area contributed by atoms with Gasteiger partial charge in [-0.2, -0.15) is 10.3 Å². The van der Waals surface area contributed by atoms with Crippen LogP contribution in [0.5, 0.6) is 0 Å². The molecule has 0 aliphatic carbocycles. The molecule has 5 N–H and O–H groups in total. The molecular formula is C24H24ClN9O3. The number of tetrazole rings is 1. The van der Waals surface area contributed by atoms with Crippen LogP contribution < -0.4 is 10.6 Å². The molecule has 3 aromatic rings. The zero-order valence-electron chi connectivity index (χ0n) is 19.6. The molecule has 5 rings (SSSR count). The SMILES string of the molecule is N=C/C(C(=O)Nc1cc(-c2nn[nH]n2)ccc1Cl)=C1/C=C(c2cnn(CC3(O)CCOCC3)c2)C=CN1. The van der Waals surface area contributed by atoms with Crippen molar-refractivity contribution in [2.24, 2.45) is 0 Å². The van der Waals surface area contributed by atoms with Crippen molar-refractivity contribution in [2.75, 3.05) is 18.5 Å². The van der Waals surface area contributed by atoms with E-state index in [1.165, 1.54) is 0 Å². The molecule has 0 saturated carbocycles. The van der Waals surface area contributed by atoms with E-state index in [9.17, 15) is 9.90 Å². The third kappa shape index (κ3) is 5.50. The molecule has 0 spiro atoms. The predicted octanol–water partition coefficient (Wildman–Crippen LogP) is 2.30. The molecule has 13 heteroatoms. The van der Waals surface area contributed by atoms with Gasteiger partial charge in [0.05, 0.1) is 40.3 Å². The van der Waals surface area contributed by atoms with Crippen LogP contribution in [0.3, 0.4) is 0 Å². The second-order valence-corrected chi connectivity index (χ2v) is 9.10. The Morgan fingerprint density at radius 2 is 2.16 bits per heavy atom. The number of carbonyl (C=O) groups excluding carboxylic acids is 1. The summed E-state index contributed by atoms with van der Waals surface area (Å²) in [5.41, 5.74) is 2.25. The summed E-state index contributed by atoms with van der Waals surface area (Å²) >= 11 is 6.30. The van der Waals surface area contributed by atoms with E-state index in [2.05, 4.69) is 36.4 Å². The summed E-state index contributed by atoms with van der Waals surface area (Å²) in [7, 11) is 0. The highest BCUT2D eigenvalue weighted by Crippen LogP contribution is 2.28. The molecule has 37 heavy (non-hydrogen) atoms. The van der Waals surface area contributed by atoms with Crippen molar-refractivity contribution >= 4 is 35.0 Å². The Morgan fingerprint density at radius 3 is 2.92 bits per heavy atom. The van der Waals surface area contributed by atoms with Crippen molar-refractivity contribution in [1.29, 1.82) is 5.41 Å². The number of allylic oxidation sites excluding steroid dienone is 3. The van der Waals surface area contributed by atoms with E-state index in [1.54, 1.807) is 41.4 Å². The maximum Gasteiger partial charge on any atom is 0.259 e. The van der Waals surface area contributed by atoms with Crippen molar-refractivity contribution in [3.8, 4) is 11.4 Å². The second-order valence-electron chi connectivity index (χ2n) is 8.70. The normalized spacial score (nSPS) is 18.1. The van der Waals surface area contributed by atoms with Crippen LogP contribution in [0.25, 0.3) is 17.0 Å². The number of nitrogens with one attached hydrogen (secondary N) is 4. The van der Waals surface area contributed by atoms with E-state index in [4.69, 9.17) is 21.7 Å². The summed E-state index contributed by atoms with van der Waals surface area (Å²) in [4.78, 5) is 13.1. The van der Waals surface area contributed by atoms with E-state index < -0.39 is 11.5 Å². The lowest BCUT2D eigenvalue weighted by atomic mass is 9.94. The van der Waals surface area contributed by atoms with E-state index in [-0.39, 0.29) is 5.57 Å². The third-order valence-corrected chi connectivity index (χ3v) is 6.47. The number of halogens is 1. The fourth-order valence-electron chi connectivity index (χ4n) is 4.11. The molecule has 1 saturated heterocycles. The van der Waals surface area contributed by atoms with Gasteiger partial charge in [-0.15, -0.1) is 10.2 Å². The van der Waals surface area contributed by atoms with Crippen LogP contribution in [-0.4, -0.2) is 66.4 Å². The number of anilines is 1. The molecule has 1 fully saturated rings. The Balaban J connectivity index is 1.36. The number of amides is 1. The van der Waals surface area contributed by atoms with Gasteiger partial charge in [-0.05, 0) is 41.1 Å². The molecule has 0 atom stereocenters. The fraction of sp³-hybridized carbons (Fsp3) is 0.250. The van der Waals surface area contributed by atoms with Crippen molar-refractivity contribution in [1.82, 2.24) is 35.7 Å². The van der Waals surface area contributed by atoms with Crippen LogP contribution in [0, 0.1) is 5.41 Å². The summed E-state index contributed by atoms with van der Waals surface area (Å²) in [6, 6.07) is 4.96. The summed E-state index contributed by atoms with van der Waals surface area (Å²) in [5, 5.41) is 43.0. The van der Waals surface area contributed by atoms with Crippen LogP contribution in [0.1, 0.15) is 18.4 Å². The molecule has 2 aliphatic heterocycles. The van der Waals surface area contributed by atoms with Crippen LogP contribution in [0.2, 0.25) is 5.02 Å². The Kier molecular flexibility index (Phi) is 6.95. The molecule has 0 bridgehead atoms. The van der Waals surface area contributed by atoms with E-state index in [0.717, 1.165) is 17.4 Å². The first-order valence-corrected chi connectivity index (χ1v) is 11.9. The smallest absolute Gasteiger partial charge is 0.259 e. The molecule has 0 unspecified atom stereocenters. The van der Waals surface area contributed by atoms with Gasteiger partial charge in [-0.25, -0.2) is 0 Å². The van der Waals surface area contributed by atoms with Crippen molar-refractivity contribution in [2.45, 2.75) is 25.0 Å². The summed E-state index contributed by atoms with van der Waals surface area (Å²) in [5.74, 6) is -0.165. The number of aromatic amines is 1. The maximum atomic E-state index is 13.1. The minimum absolute atomic E-state index is 0.104. The maximum absolute atomic E-state index is 13.1. The fourth-order valence-corrected chi connectivity index (χ4v) is 4.28. The lowest BCUT2D eigenvalue weighted by Crippen LogP contribution is -2.40. The third-order valence-electron chi connectivity index (χ3n) is 6.15. The van der Waals surface area contributed by atoms with Crippen LogP contribution in [0.4, 0.5) is 5.69 Å². The number of nitrogens with zero attached hydrogens (tertiary/aromatic N) is 5. The van der Waals surface area contributed by atoms with E-state index in [0.29, 0.717) is 60.4 Å². The Labute approximate surface area is 216 Å². The number of hydrogen-bond acceptors (Lipinski definition) is 9. The molecule has 1 aromatic carbocycles. The molecule has 2 aromatic heterocycles. The largest absolute Gasteiger partial charge is 0.388 e. The highest BCUT2D eigenvalue weighted by molar-refractivity contribution is 6.34. The number of aliphatic hydroxyl groups is 1. The average molecular weight is 522 g/mol. The minimum atomic E-state index is -0.849. The molecule has 4 heterocycles. The number of ether oxygens (including phenoxy) is 1. The van der Waals surface area contributed by atoms with Gasteiger partial charge in [0.15, 0.2) is 0 Å². The van der Waals surface area contributed by atoms with Crippen molar-refractivity contribution < 1.29 is 14.6 Å². The number of dihydropyridines is 1. The minimum Gasteiger partial charge on any atom is -0.388 e. The van der Waals surface area contributed by atoms with Gasteiger partial charge in [-0.3, -0.25) is 9.48 Å². The monoisotopic (exact) mass is 521 g/mol. The standard InChI is InChI=1S/C24H24ClN9O3/c25-19-2-1-16(22-30-32-33-31-22)10-21(19)29-23(35)18(11-26)20-9-15(3-6-27-20)17-12-28-34(13-17)14-24(36)4-7-37-8-5-24/h1-3,6,9-13,26-27,36H,4-5,7-8,14H2,(H,29,35)(H,30,31,32,33)/b20-18+,26-11?. The summed E-state index contributed by atoms with van der Waals surface area (Å²) in [6.45, 7) is 1.42. The molecule has 0 radical (unpaired) electrons. The van der Waals surface area contributed by atoms with Gasteiger partial charge in [0.2, 0.25) is 5.82 Å². The number of aromatic nitrogens is 6. The first-order valence-electron chi connectivity index (χ1n) is 11.5. The Hall–Kier alpha value is -4.13. The van der Waals surface area contributed by atoms with Gasteiger partial charge in [0.1, 0.15) is 0 Å². The molecule has 190 valence electrons. The van der Waals surface area contributed by atoms with Crippen molar-refractivity contribution in [3.05, 3.63) is 70.8 Å². The summed E-state index contributed by atoms with van der Waals surface area (Å²) < 4.78 is 7.06. The number of rotatable bonds is 7. The molecule has 12 nitrogen and oxygen atoms in total. The first-order chi connectivity index (χ1) is 17.9. The number of hydrogen-bond donors (Lipinski definition) is 5. The second kappa shape index (κ2) is 10.5. The van der Waals surface area contributed by atoms with Gasteiger partial charge < -0.3 is 25.9 Å². The number of benzene rings is 1. The van der Waals surface area contributed by atoms with E-state index >= 15 is 0 Å². The van der Waals surface area contributed by atoms with E-state index in [1.807, 2.05) is 12.3 Å². The lowest BCUT2D eigenvalue weighted by Gasteiger charge is -2.31. The van der Waals surface area contributed by atoms with Gasteiger partial charge in [0.25, 0.3) is 5.91 Å². The zero-order valence-corrected chi connectivity index (χ0v) is 20.4. The van der Waals surface area contributed by atoms with Crippen molar-refractivity contribution in [3.63, 3.8) is 0 Å². The van der Waals surface area contributed by atoms with Gasteiger partial charge in [-0.1, -0.05) is 11.6 Å². The number of carbonyl (C=O) groups is 1. The van der Waals surface area contributed by atoms with Crippen LogP contribution >= 0.6 is 11.6 Å². The highest BCUT2D eigenvalue weighted by atomic mass is 35.5. The lowest BCUT2D eigenvalue weighted by molar-refractivity contribution is -0.112. The Morgan fingerprint density at radius 1 is 1.32 bits per heavy atom.